The quantitative estimate of drug-likeness (QED) is 0.786. The highest BCUT2D eigenvalue weighted by Gasteiger charge is 2.10. The molecule has 100 valence electrons. The van der Waals surface area contributed by atoms with Crippen molar-refractivity contribution in [3.05, 3.63) is 72.3 Å². The summed E-state index contributed by atoms with van der Waals surface area (Å²) >= 11 is 0. The monoisotopic (exact) mass is 263 g/mol. The van der Waals surface area contributed by atoms with E-state index in [1.807, 2.05) is 19.4 Å². The summed E-state index contributed by atoms with van der Waals surface area (Å²) in [4.78, 5) is 8.19. The summed E-state index contributed by atoms with van der Waals surface area (Å²) in [6.07, 6.45) is 6.23. The molecule has 0 aliphatic carbocycles. The minimum Gasteiger partial charge on any atom is -0.313 e. The molecule has 0 saturated carbocycles. The first-order valence-electron chi connectivity index (χ1n) is 6.76. The molecule has 1 unspecified atom stereocenters. The van der Waals surface area contributed by atoms with Crippen LogP contribution in [-0.2, 0) is 6.42 Å². The van der Waals surface area contributed by atoms with E-state index >= 15 is 0 Å². The maximum atomic E-state index is 4.09. The maximum absolute atomic E-state index is 4.09. The molecular weight excluding hydrogens is 246 g/mol. The van der Waals surface area contributed by atoms with Crippen molar-refractivity contribution in [2.24, 2.45) is 0 Å². The van der Waals surface area contributed by atoms with Crippen molar-refractivity contribution in [2.75, 3.05) is 7.05 Å². The molecule has 0 aliphatic rings. The summed E-state index contributed by atoms with van der Waals surface area (Å²) in [5.41, 5.74) is 2.43. The van der Waals surface area contributed by atoms with Crippen LogP contribution in [0.2, 0.25) is 0 Å². The second kappa shape index (κ2) is 5.80. The number of fused-ring (bicyclic) bond motifs is 1. The fourth-order valence-electron chi connectivity index (χ4n) is 2.48. The van der Waals surface area contributed by atoms with Gasteiger partial charge in [-0.15, -0.1) is 0 Å². The molecule has 3 aromatic rings. The fourth-order valence-corrected chi connectivity index (χ4v) is 2.48. The van der Waals surface area contributed by atoms with Gasteiger partial charge in [0, 0.05) is 24.0 Å². The van der Waals surface area contributed by atoms with E-state index in [9.17, 15) is 0 Å². The van der Waals surface area contributed by atoms with Crippen LogP contribution in [0, 0.1) is 0 Å². The SMILES string of the molecule is CNC(Cc1ccc2ccccc2c1)c1cncnc1. The highest BCUT2D eigenvalue weighted by Crippen LogP contribution is 2.20. The highest BCUT2D eigenvalue weighted by atomic mass is 14.9. The summed E-state index contributed by atoms with van der Waals surface area (Å²) in [6, 6.07) is 15.3. The molecule has 1 N–H and O–H groups in total. The Morgan fingerprint density at radius 3 is 2.50 bits per heavy atom. The third-order valence-electron chi connectivity index (χ3n) is 3.59. The average molecular weight is 263 g/mol. The van der Waals surface area contributed by atoms with E-state index in [-0.39, 0.29) is 6.04 Å². The van der Waals surface area contributed by atoms with E-state index in [1.54, 1.807) is 6.33 Å². The predicted octanol–water partition coefficient (Wildman–Crippen LogP) is 3.13. The van der Waals surface area contributed by atoms with Crippen LogP contribution in [0.1, 0.15) is 17.2 Å². The van der Waals surface area contributed by atoms with E-state index in [4.69, 9.17) is 0 Å². The lowest BCUT2D eigenvalue weighted by molar-refractivity contribution is 0.587. The number of aromatic nitrogens is 2. The zero-order chi connectivity index (χ0) is 13.8. The molecule has 1 aromatic heterocycles. The lowest BCUT2D eigenvalue weighted by atomic mass is 9.99. The van der Waals surface area contributed by atoms with Gasteiger partial charge in [-0.1, -0.05) is 42.5 Å². The largest absolute Gasteiger partial charge is 0.313 e. The van der Waals surface area contributed by atoms with Crippen molar-refractivity contribution >= 4 is 10.8 Å². The van der Waals surface area contributed by atoms with Crippen LogP contribution < -0.4 is 5.32 Å². The molecule has 0 aliphatic heterocycles. The fraction of sp³-hybridized carbons (Fsp3) is 0.176. The Morgan fingerprint density at radius 2 is 1.75 bits per heavy atom. The number of benzene rings is 2. The molecule has 0 amide bonds. The third kappa shape index (κ3) is 2.68. The Hall–Kier alpha value is -2.26. The lowest BCUT2D eigenvalue weighted by Gasteiger charge is -2.16. The van der Waals surface area contributed by atoms with E-state index < -0.39 is 0 Å². The zero-order valence-electron chi connectivity index (χ0n) is 11.5. The van der Waals surface area contributed by atoms with Gasteiger partial charge in [-0.2, -0.15) is 0 Å². The summed E-state index contributed by atoms with van der Waals surface area (Å²) in [5, 5.41) is 5.89. The van der Waals surface area contributed by atoms with E-state index in [2.05, 4.69) is 57.7 Å². The molecule has 3 heteroatoms. The minimum absolute atomic E-state index is 0.234. The van der Waals surface area contributed by atoms with Crippen LogP contribution in [0.15, 0.2) is 61.2 Å². The minimum atomic E-state index is 0.234. The van der Waals surface area contributed by atoms with Crippen molar-refractivity contribution in [3.63, 3.8) is 0 Å². The summed E-state index contributed by atoms with van der Waals surface area (Å²) in [6.45, 7) is 0. The van der Waals surface area contributed by atoms with Gasteiger partial charge in [0.1, 0.15) is 6.33 Å². The van der Waals surface area contributed by atoms with Gasteiger partial charge in [-0.05, 0) is 29.8 Å². The van der Waals surface area contributed by atoms with Gasteiger partial charge >= 0.3 is 0 Å². The topological polar surface area (TPSA) is 37.8 Å². The third-order valence-corrected chi connectivity index (χ3v) is 3.59. The number of hydrogen-bond acceptors (Lipinski definition) is 3. The van der Waals surface area contributed by atoms with Crippen LogP contribution in [0.5, 0.6) is 0 Å². The van der Waals surface area contributed by atoms with Crippen LogP contribution in [0.25, 0.3) is 10.8 Å². The van der Waals surface area contributed by atoms with Crippen molar-refractivity contribution in [1.82, 2.24) is 15.3 Å². The van der Waals surface area contributed by atoms with E-state index in [0.717, 1.165) is 12.0 Å². The number of hydrogen-bond donors (Lipinski definition) is 1. The van der Waals surface area contributed by atoms with Gasteiger partial charge in [0.05, 0.1) is 0 Å². The Morgan fingerprint density at radius 1 is 1.00 bits per heavy atom. The lowest BCUT2D eigenvalue weighted by Crippen LogP contribution is -2.19. The molecule has 2 aromatic carbocycles. The van der Waals surface area contributed by atoms with Crippen molar-refractivity contribution in [1.29, 1.82) is 0 Å². The van der Waals surface area contributed by atoms with Crippen molar-refractivity contribution in [2.45, 2.75) is 12.5 Å². The first kappa shape index (κ1) is 12.8. The Balaban J connectivity index is 1.87. The van der Waals surface area contributed by atoms with Crippen LogP contribution in [0.3, 0.4) is 0 Å². The van der Waals surface area contributed by atoms with Crippen LogP contribution >= 0.6 is 0 Å². The van der Waals surface area contributed by atoms with Gasteiger partial charge in [0.2, 0.25) is 0 Å². The second-order valence-corrected chi connectivity index (χ2v) is 4.90. The molecule has 0 fully saturated rings. The summed E-state index contributed by atoms with van der Waals surface area (Å²) in [5.74, 6) is 0. The first-order valence-corrected chi connectivity index (χ1v) is 6.76. The molecular formula is C17H17N3. The molecule has 3 rings (SSSR count). The Bertz CT molecular complexity index is 695. The Labute approximate surface area is 118 Å². The van der Waals surface area contributed by atoms with Gasteiger partial charge < -0.3 is 5.32 Å². The normalized spacial score (nSPS) is 12.4. The molecule has 0 bridgehead atoms. The standard InChI is InChI=1S/C17H17N3/c1-18-17(16-10-19-12-20-11-16)9-13-6-7-14-4-2-3-5-15(14)8-13/h2-8,10-12,17-18H,9H2,1H3. The number of nitrogens with one attached hydrogen (secondary N) is 1. The average Bonchev–Trinajstić information content (AvgIpc) is 2.53. The summed E-state index contributed by atoms with van der Waals surface area (Å²) in [7, 11) is 1.97. The molecule has 1 heterocycles. The Kier molecular flexibility index (Phi) is 3.70. The zero-order valence-corrected chi connectivity index (χ0v) is 11.5. The van der Waals surface area contributed by atoms with Gasteiger partial charge in [-0.3, -0.25) is 0 Å². The number of likely N-dealkylation sites (N-methyl/N-ethyl adjacent to an activating group) is 1. The second-order valence-electron chi connectivity index (χ2n) is 4.90. The van der Waals surface area contributed by atoms with E-state index in [0.29, 0.717) is 0 Å². The molecule has 0 spiro atoms. The molecule has 0 saturated heterocycles. The molecule has 0 radical (unpaired) electrons. The van der Waals surface area contributed by atoms with Crippen molar-refractivity contribution in [3.8, 4) is 0 Å². The van der Waals surface area contributed by atoms with E-state index in [1.165, 1.54) is 16.3 Å². The number of rotatable bonds is 4. The van der Waals surface area contributed by atoms with Crippen molar-refractivity contribution < 1.29 is 0 Å². The van der Waals surface area contributed by atoms with Gasteiger partial charge in [-0.25, -0.2) is 9.97 Å². The van der Waals surface area contributed by atoms with Gasteiger partial charge in [0.15, 0.2) is 0 Å². The molecule has 1 atom stereocenters. The summed E-state index contributed by atoms with van der Waals surface area (Å²) < 4.78 is 0. The molecule has 3 nitrogen and oxygen atoms in total. The van der Waals surface area contributed by atoms with Gasteiger partial charge in [0.25, 0.3) is 0 Å². The molecule has 20 heavy (non-hydrogen) atoms. The first-order chi connectivity index (χ1) is 9.86. The highest BCUT2D eigenvalue weighted by molar-refractivity contribution is 5.83. The maximum Gasteiger partial charge on any atom is 0.115 e. The van der Waals surface area contributed by atoms with Crippen LogP contribution in [-0.4, -0.2) is 17.0 Å². The smallest absolute Gasteiger partial charge is 0.115 e. The van der Waals surface area contributed by atoms with Crippen LogP contribution in [0.4, 0.5) is 0 Å². The number of nitrogens with zero attached hydrogens (tertiary/aromatic N) is 2. The predicted molar refractivity (Wildman–Crippen MR) is 81.5 cm³/mol.